The SMILES string of the molecule is Cc1ncn(-c2cc(Oc3ccc(NC(=O)C4(c5ccccc5)CCOCC4)cc3)ncn2)c1C. The van der Waals surface area contributed by atoms with Crippen LogP contribution in [0.15, 0.2) is 73.3 Å². The highest BCUT2D eigenvalue weighted by Crippen LogP contribution is 2.36. The van der Waals surface area contributed by atoms with Crippen LogP contribution in [0.5, 0.6) is 11.6 Å². The van der Waals surface area contributed by atoms with Gasteiger partial charge in [-0.1, -0.05) is 30.3 Å². The molecule has 1 aliphatic rings. The Labute approximate surface area is 204 Å². The van der Waals surface area contributed by atoms with E-state index in [0.717, 1.165) is 17.0 Å². The van der Waals surface area contributed by atoms with E-state index in [1.807, 2.05) is 73.0 Å². The lowest BCUT2D eigenvalue weighted by Gasteiger charge is -2.36. The average molecular weight is 470 g/mol. The number of aromatic nitrogens is 4. The predicted octanol–water partition coefficient (Wildman–Crippen LogP) is 4.76. The number of anilines is 1. The van der Waals surface area contributed by atoms with E-state index in [9.17, 15) is 4.79 Å². The molecule has 0 bridgehead atoms. The maximum Gasteiger partial charge on any atom is 0.235 e. The molecule has 1 amide bonds. The summed E-state index contributed by atoms with van der Waals surface area (Å²) in [5, 5.41) is 3.10. The Kier molecular flexibility index (Phi) is 6.29. The van der Waals surface area contributed by atoms with Gasteiger partial charge in [-0.05, 0) is 56.5 Å². The van der Waals surface area contributed by atoms with E-state index in [1.165, 1.54) is 6.33 Å². The molecular weight excluding hydrogens is 442 g/mol. The number of nitrogens with one attached hydrogen (secondary N) is 1. The summed E-state index contributed by atoms with van der Waals surface area (Å²) in [6, 6.07) is 19.0. The molecule has 0 radical (unpaired) electrons. The topological polar surface area (TPSA) is 91.2 Å². The molecule has 0 atom stereocenters. The third-order valence-corrected chi connectivity index (χ3v) is 6.57. The smallest absolute Gasteiger partial charge is 0.235 e. The van der Waals surface area contributed by atoms with Gasteiger partial charge in [0.1, 0.15) is 24.2 Å². The molecule has 1 fully saturated rings. The largest absolute Gasteiger partial charge is 0.439 e. The number of imidazole rings is 1. The highest BCUT2D eigenvalue weighted by atomic mass is 16.5. The van der Waals surface area contributed by atoms with Gasteiger partial charge in [-0.15, -0.1) is 0 Å². The van der Waals surface area contributed by atoms with E-state index in [2.05, 4.69) is 20.3 Å². The molecular formula is C27H27N5O3. The minimum atomic E-state index is -0.601. The number of carbonyl (C=O) groups is 1. The van der Waals surface area contributed by atoms with Crippen LogP contribution in [0.1, 0.15) is 29.8 Å². The van der Waals surface area contributed by atoms with Gasteiger partial charge in [0.2, 0.25) is 11.8 Å². The van der Waals surface area contributed by atoms with Crippen LogP contribution < -0.4 is 10.1 Å². The van der Waals surface area contributed by atoms with Crippen LogP contribution >= 0.6 is 0 Å². The van der Waals surface area contributed by atoms with Crippen molar-refractivity contribution in [2.75, 3.05) is 18.5 Å². The third kappa shape index (κ3) is 4.65. The first-order valence-corrected chi connectivity index (χ1v) is 11.6. The maximum atomic E-state index is 13.4. The molecule has 0 unspecified atom stereocenters. The summed E-state index contributed by atoms with van der Waals surface area (Å²) in [6.07, 6.45) is 4.49. The normalized spacial score (nSPS) is 14.9. The summed E-state index contributed by atoms with van der Waals surface area (Å²) in [5.74, 6) is 1.68. The zero-order chi connectivity index (χ0) is 24.3. The molecule has 5 rings (SSSR count). The lowest BCUT2D eigenvalue weighted by molar-refractivity contribution is -0.125. The number of aryl methyl sites for hydroxylation is 1. The Bertz CT molecular complexity index is 1310. The molecule has 1 aliphatic heterocycles. The van der Waals surface area contributed by atoms with Crippen molar-refractivity contribution >= 4 is 11.6 Å². The van der Waals surface area contributed by atoms with Gasteiger partial charge >= 0.3 is 0 Å². The zero-order valence-electron chi connectivity index (χ0n) is 19.8. The van der Waals surface area contributed by atoms with E-state index in [0.29, 0.717) is 49.2 Å². The van der Waals surface area contributed by atoms with E-state index >= 15 is 0 Å². The van der Waals surface area contributed by atoms with Crippen molar-refractivity contribution in [1.82, 2.24) is 19.5 Å². The van der Waals surface area contributed by atoms with Crippen molar-refractivity contribution in [3.05, 3.63) is 90.3 Å². The first kappa shape index (κ1) is 22.7. The lowest BCUT2D eigenvalue weighted by atomic mass is 9.73. The fourth-order valence-electron chi connectivity index (χ4n) is 4.35. The first-order chi connectivity index (χ1) is 17.0. The van der Waals surface area contributed by atoms with Gasteiger partial charge in [0.15, 0.2) is 0 Å². The summed E-state index contributed by atoms with van der Waals surface area (Å²) in [5.41, 5.74) is 3.07. The molecule has 8 heteroatoms. The molecule has 178 valence electrons. The van der Waals surface area contributed by atoms with Crippen molar-refractivity contribution in [3.8, 4) is 17.4 Å². The highest BCUT2D eigenvalue weighted by Gasteiger charge is 2.41. The number of rotatable bonds is 6. The minimum Gasteiger partial charge on any atom is -0.439 e. The van der Waals surface area contributed by atoms with Crippen LogP contribution in [0.2, 0.25) is 0 Å². The monoisotopic (exact) mass is 469 g/mol. The van der Waals surface area contributed by atoms with E-state index in [4.69, 9.17) is 9.47 Å². The molecule has 8 nitrogen and oxygen atoms in total. The van der Waals surface area contributed by atoms with Crippen LogP contribution in [0.25, 0.3) is 5.82 Å². The first-order valence-electron chi connectivity index (χ1n) is 11.6. The van der Waals surface area contributed by atoms with E-state index < -0.39 is 5.41 Å². The van der Waals surface area contributed by atoms with E-state index in [1.54, 1.807) is 12.4 Å². The number of hydrogen-bond acceptors (Lipinski definition) is 6. The summed E-state index contributed by atoms with van der Waals surface area (Å²) in [4.78, 5) is 26.3. The number of carbonyl (C=O) groups excluding carboxylic acids is 1. The van der Waals surface area contributed by atoms with Gasteiger partial charge in [-0.25, -0.2) is 15.0 Å². The van der Waals surface area contributed by atoms with Crippen molar-refractivity contribution < 1.29 is 14.3 Å². The van der Waals surface area contributed by atoms with Gasteiger partial charge in [0.25, 0.3) is 0 Å². The minimum absolute atomic E-state index is 0.0212. The number of ether oxygens (including phenoxy) is 2. The van der Waals surface area contributed by atoms with Crippen molar-refractivity contribution in [2.24, 2.45) is 0 Å². The molecule has 2 aromatic carbocycles. The van der Waals surface area contributed by atoms with Crippen molar-refractivity contribution in [1.29, 1.82) is 0 Å². The zero-order valence-corrected chi connectivity index (χ0v) is 19.8. The number of amides is 1. The standard InChI is InChI=1S/C27H27N5O3/c1-19-20(2)32(18-30-19)24-16-25(29-17-28-24)35-23-10-8-22(9-11-23)31-26(33)27(12-14-34-15-13-27)21-6-4-3-5-7-21/h3-11,16-18H,12-15H2,1-2H3,(H,31,33). The Hall–Kier alpha value is -4.04. The molecule has 1 N–H and O–H groups in total. The van der Waals surface area contributed by atoms with Crippen molar-refractivity contribution in [2.45, 2.75) is 32.1 Å². The Morgan fingerprint density at radius 3 is 2.43 bits per heavy atom. The molecule has 2 aromatic heterocycles. The second kappa shape index (κ2) is 9.68. The summed E-state index contributed by atoms with van der Waals surface area (Å²) >= 11 is 0. The van der Waals surface area contributed by atoms with Crippen LogP contribution in [0, 0.1) is 13.8 Å². The average Bonchev–Trinajstić information content (AvgIpc) is 3.24. The fraction of sp³-hybridized carbons (Fsp3) is 0.259. The van der Waals surface area contributed by atoms with Crippen molar-refractivity contribution in [3.63, 3.8) is 0 Å². The van der Waals surface area contributed by atoms with Crippen LogP contribution in [0.3, 0.4) is 0 Å². The number of hydrogen-bond donors (Lipinski definition) is 1. The van der Waals surface area contributed by atoms with Gasteiger partial charge in [0, 0.05) is 30.7 Å². The predicted molar refractivity (Wildman–Crippen MR) is 132 cm³/mol. The van der Waals surface area contributed by atoms with Crippen LogP contribution in [-0.4, -0.2) is 38.6 Å². The Morgan fingerprint density at radius 2 is 1.74 bits per heavy atom. The molecule has 0 spiro atoms. The van der Waals surface area contributed by atoms with E-state index in [-0.39, 0.29) is 5.91 Å². The fourth-order valence-corrected chi connectivity index (χ4v) is 4.35. The molecule has 0 aliphatic carbocycles. The molecule has 1 saturated heterocycles. The van der Waals surface area contributed by atoms with Gasteiger partial charge in [-0.2, -0.15) is 0 Å². The Balaban J connectivity index is 1.30. The van der Waals surface area contributed by atoms with Crippen LogP contribution in [0.4, 0.5) is 5.69 Å². The summed E-state index contributed by atoms with van der Waals surface area (Å²) < 4.78 is 13.4. The second-order valence-corrected chi connectivity index (χ2v) is 8.64. The molecule has 4 aromatic rings. The molecule has 0 saturated carbocycles. The second-order valence-electron chi connectivity index (χ2n) is 8.64. The quantitative estimate of drug-likeness (QED) is 0.438. The van der Waals surface area contributed by atoms with Gasteiger partial charge in [-0.3, -0.25) is 9.36 Å². The molecule has 35 heavy (non-hydrogen) atoms. The van der Waals surface area contributed by atoms with Crippen LogP contribution in [-0.2, 0) is 14.9 Å². The highest BCUT2D eigenvalue weighted by molar-refractivity contribution is 5.99. The summed E-state index contributed by atoms with van der Waals surface area (Å²) in [7, 11) is 0. The van der Waals surface area contributed by atoms with Gasteiger partial charge < -0.3 is 14.8 Å². The van der Waals surface area contributed by atoms with Gasteiger partial charge in [0.05, 0.1) is 11.1 Å². The lowest BCUT2D eigenvalue weighted by Crippen LogP contribution is -2.44. The Morgan fingerprint density at radius 1 is 1.00 bits per heavy atom. The summed E-state index contributed by atoms with van der Waals surface area (Å²) in [6.45, 7) is 5.07. The number of benzene rings is 2. The number of nitrogens with zero attached hydrogens (tertiary/aromatic N) is 4. The maximum absolute atomic E-state index is 13.4. The molecule has 3 heterocycles. The third-order valence-electron chi connectivity index (χ3n) is 6.57.